The Kier molecular flexibility index (Phi) is 5.55. The lowest BCUT2D eigenvalue weighted by Crippen LogP contribution is -2.47. The van der Waals surface area contributed by atoms with Gasteiger partial charge in [0.15, 0.2) is 6.04 Å². The van der Waals surface area contributed by atoms with Crippen LogP contribution in [0.2, 0.25) is 0 Å². The Bertz CT molecular complexity index is 1490. The summed E-state index contributed by atoms with van der Waals surface area (Å²) in [6, 6.07) is 17.7. The van der Waals surface area contributed by atoms with Gasteiger partial charge in [0.1, 0.15) is 0 Å². The molecule has 0 bridgehead atoms. The maximum absolute atomic E-state index is 13.2. The molecule has 1 aliphatic heterocycles. The third-order valence-electron chi connectivity index (χ3n) is 7.37. The molecule has 0 aliphatic carbocycles. The van der Waals surface area contributed by atoms with Crippen molar-refractivity contribution in [3.63, 3.8) is 0 Å². The minimum atomic E-state index is -1.35. The summed E-state index contributed by atoms with van der Waals surface area (Å²) in [5.74, 6) is -2.36. The second-order valence-electron chi connectivity index (χ2n) is 12.0. The lowest BCUT2D eigenvalue weighted by molar-refractivity contribution is -0.142. The molecule has 1 aliphatic rings. The van der Waals surface area contributed by atoms with Gasteiger partial charge in [0.05, 0.1) is 17.7 Å². The molecule has 6 nitrogen and oxygen atoms in total. The van der Waals surface area contributed by atoms with Crippen LogP contribution in [0, 0.1) is 0 Å². The maximum Gasteiger partial charge on any atom is 0.328 e. The van der Waals surface area contributed by atoms with Crippen molar-refractivity contribution in [2.45, 2.75) is 65.0 Å². The van der Waals surface area contributed by atoms with E-state index >= 15 is 0 Å². The van der Waals surface area contributed by atoms with Crippen LogP contribution in [-0.2, 0) is 22.2 Å². The Morgan fingerprint density at radius 3 is 1.57 bits per heavy atom. The lowest BCUT2D eigenvalue weighted by atomic mass is 9.85. The average Bonchev–Trinajstić information content (AvgIpc) is 3.27. The molecule has 0 radical (unpaired) electrons. The van der Waals surface area contributed by atoms with Gasteiger partial charge in [-0.05, 0) is 58.4 Å². The summed E-state index contributed by atoms with van der Waals surface area (Å²) < 4.78 is 1.94. The first-order chi connectivity index (χ1) is 17.3. The van der Waals surface area contributed by atoms with Gasteiger partial charge in [-0.3, -0.25) is 14.5 Å². The van der Waals surface area contributed by atoms with Gasteiger partial charge in [-0.1, -0.05) is 65.8 Å². The Balaban J connectivity index is 1.70. The molecular weight excluding hydrogens is 464 g/mol. The molecule has 2 amide bonds. The fourth-order valence-corrected chi connectivity index (χ4v) is 5.17. The fourth-order valence-electron chi connectivity index (χ4n) is 5.17. The average molecular weight is 497 g/mol. The highest BCUT2D eigenvalue weighted by molar-refractivity contribution is 6.22. The second-order valence-corrected chi connectivity index (χ2v) is 12.0. The van der Waals surface area contributed by atoms with Crippen LogP contribution in [0.4, 0.5) is 0 Å². The number of rotatable bonds is 4. The minimum absolute atomic E-state index is 0.0511. The highest BCUT2D eigenvalue weighted by atomic mass is 16.4. The van der Waals surface area contributed by atoms with E-state index in [1.807, 2.05) is 16.7 Å². The zero-order valence-electron chi connectivity index (χ0n) is 22.1. The third-order valence-corrected chi connectivity index (χ3v) is 7.37. The first kappa shape index (κ1) is 24.8. The van der Waals surface area contributed by atoms with Crippen LogP contribution in [0.1, 0.15) is 73.4 Å². The molecule has 3 aromatic carbocycles. The van der Waals surface area contributed by atoms with Crippen LogP contribution < -0.4 is 0 Å². The number of hydrogen-bond acceptors (Lipinski definition) is 3. The number of aromatic nitrogens is 1. The lowest BCUT2D eigenvalue weighted by Gasteiger charge is -2.24. The molecular formula is C31H32N2O4. The van der Waals surface area contributed by atoms with Gasteiger partial charge in [0.2, 0.25) is 0 Å². The molecule has 4 aromatic rings. The van der Waals surface area contributed by atoms with Crippen molar-refractivity contribution < 1.29 is 19.5 Å². The molecule has 0 unspecified atom stereocenters. The number of amides is 2. The number of hydrogen-bond donors (Lipinski definition) is 1. The molecule has 1 N–H and O–H groups in total. The van der Waals surface area contributed by atoms with Gasteiger partial charge < -0.3 is 9.67 Å². The Hall–Kier alpha value is -3.93. The Labute approximate surface area is 216 Å². The molecule has 6 heteroatoms. The molecule has 37 heavy (non-hydrogen) atoms. The molecule has 190 valence electrons. The van der Waals surface area contributed by atoms with E-state index in [0.29, 0.717) is 0 Å². The van der Waals surface area contributed by atoms with E-state index in [4.69, 9.17) is 0 Å². The van der Waals surface area contributed by atoms with Gasteiger partial charge in [0, 0.05) is 21.8 Å². The van der Waals surface area contributed by atoms with E-state index in [0.717, 1.165) is 26.7 Å². The van der Waals surface area contributed by atoms with Gasteiger partial charge in [-0.2, -0.15) is 0 Å². The van der Waals surface area contributed by atoms with Crippen LogP contribution in [0.5, 0.6) is 0 Å². The van der Waals surface area contributed by atoms with Crippen LogP contribution in [0.15, 0.2) is 60.7 Å². The number of aliphatic carboxylic acids is 1. The number of carboxylic acids is 1. The van der Waals surface area contributed by atoms with E-state index in [2.05, 4.69) is 65.8 Å². The number of carbonyl (C=O) groups excluding carboxylic acids is 2. The Morgan fingerprint density at radius 2 is 1.19 bits per heavy atom. The van der Waals surface area contributed by atoms with Gasteiger partial charge in [-0.15, -0.1) is 0 Å². The van der Waals surface area contributed by atoms with Gasteiger partial charge in [-0.25, -0.2) is 4.79 Å². The van der Waals surface area contributed by atoms with Crippen molar-refractivity contribution in [3.05, 3.63) is 82.9 Å². The van der Waals surface area contributed by atoms with Gasteiger partial charge >= 0.3 is 5.97 Å². The molecule has 0 saturated heterocycles. The van der Waals surface area contributed by atoms with E-state index in [-0.39, 0.29) is 28.5 Å². The van der Waals surface area contributed by atoms with E-state index in [1.165, 1.54) is 11.1 Å². The smallest absolute Gasteiger partial charge is 0.328 e. The SMILES string of the molecule is CC(C)(C)c1ccc2c(c1)c1cc(C(C)(C)C)ccc1n2C[C@@H](C(=O)O)N1C(=O)c2ccccc2C1=O. The van der Waals surface area contributed by atoms with Crippen LogP contribution in [-0.4, -0.2) is 38.4 Å². The van der Waals surface area contributed by atoms with Crippen molar-refractivity contribution in [1.82, 2.24) is 9.47 Å². The normalized spacial score (nSPS) is 15.0. The number of carboxylic acid groups (broad SMARTS) is 1. The number of imide groups is 1. The van der Waals surface area contributed by atoms with E-state index < -0.39 is 23.8 Å². The van der Waals surface area contributed by atoms with Crippen LogP contribution in [0.3, 0.4) is 0 Å². The number of fused-ring (bicyclic) bond motifs is 4. The number of benzene rings is 3. The molecule has 0 fully saturated rings. The van der Waals surface area contributed by atoms with Crippen LogP contribution >= 0.6 is 0 Å². The predicted octanol–water partition coefficient (Wildman–Crippen LogP) is 6.14. The summed E-state index contributed by atoms with van der Waals surface area (Å²) in [5.41, 5.74) is 4.46. The second kappa shape index (κ2) is 8.30. The van der Waals surface area contributed by atoms with E-state index in [9.17, 15) is 19.5 Å². The largest absolute Gasteiger partial charge is 0.480 e. The molecule has 1 aromatic heterocycles. The molecule has 0 saturated carbocycles. The van der Waals surface area contributed by atoms with Crippen molar-refractivity contribution in [2.24, 2.45) is 0 Å². The van der Waals surface area contributed by atoms with E-state index in [1.54, 1.807) is 24.3 Å². The topological polar surface area (TPSA) is 79.6 Å². The zero-order chi connectivity index (χ0) is 26.9. The summed E-state index contributed by atoms with van der Waals surface area (Å²) in [6.45, 7) is 12.9. The predicted molar refractivity (Wildman–Crippen MR) is 145 cm³/mol. The minimum Gasteiger partial charge on any atom is -0.480 e. The van der Waals surface area contributed by atoms with Crippen molar-refractivity contribution in [3.8, 4) is 0 Å². The monoisotopic (exact) mass is 496 g/mol. The summed E-state index contributed by atoms with van der Waals surface area (Å²) in [6.07, 6.45) is 0. The molecule has 2 heterocycles. The maximum atomic E-state index is 13.2. The molecule has 5 rings (SSSR count). The number of carbonyl (C=O) groups is 3. The summed E-state index contributed by atoms with van der Waals surface area (Å²) in [5, 5.41) is 12.3. The highest BCUT2D eigenvalue weighted by Gasteiger charge is 2.43. The number of nitrogens with zero attached hydrogens (tertiary/aromatic N) is 2. The van der Waals surface area contributed by atoms with Crippen LogP contribution in [0.25, 0.3) is 21.8 Å². The summed E-state index contributed by atoms with van der Waals surface area (Å²) in [4.78, 5) is 39.7. The fraction of sp³-hybridized carbons (Fsp3) is 0.323. The van der Waals surface area contributed by atoms with Crippen molar-refractivity contribution >= 4 is 39.6 Å². The quantitative estimate of drug-likeness (QED) is 0.344. The van der Waals surface area contributed by atoms with Gasteiger partial charge in [0.25, 0.3) is 11.8 Å². The Morgan fingerprint density at radius 1 is 0.757 bits per heavy atom. The van der Waals surface area contributed by atoms with Crippen molar-refractivity contribution in [2.75, 3.05) is 0 Å². The summed E-state index contributed by atoms with van der Waals surface area (Å²) >= 11 is 0. The van der Waals surface area contributed by atoms with Crippen molar-refractivity contribution in [1.29, 1.82) is 0 Å². The highest BCUT2D eigenvalue weighted by Crippen LogP contribution is 2.36. The third kappa shape index (κ3) is 4.01. The first-order valence-corrected chi connectivity index (χ1v) is 12.6. The molecule has 1 atom stereocenters. The zero-order valence-corrected chi connectivity index (χ0v) is 22.1. The first-order valence-electron chi connectivity index (χ1n) is 12.6. The standard InChI is InChI=1S/C31H32N2O4/c1-30(2,3)18-11-13-24-22(15-18)23-16-19(31(4,5)6)12-14-25(23)32(24)17-26(29(36)37)33-27(34)20-9-7-8-10-21(20)28(33)35/h7-16,26H,17H2,1-6H3,(H,36,37)/t26-/m0/s1. The summed E-state index contributed by atoms with van der Waals surface area (Å²) in [7, 11) is 0. The molecule has 0 spiro atoms.